The van der Waals surface area contributed by atoms with Crippen molar-refractivity contribution in [1.29, 1.82) is 0 Å². The quantitative estimate of drug-likeness (QED) is 0.871. The van der Waals surface area contributed by atoms with Gasteiger partial charge in [-0.05, 0) is 55.2 Å². The molecule has 0 amide bonds. The Morgan fingerprint density at radius 3 is 2.26 bits per heavy atom. The van der Waals surface area contributed by atoms with Crippen LogP contribution in [-0.4, -0.2) is 5.11 Å². The molecule has 0 bridgehead atoms. The standard InChI is InChI=1S/C16H18FNO/c1-10-4-5-14(17)8-15(10)18-9-13-6-11(2)16(19)12(3)7-13/h4-8,18-19H,9H2,1-3H3. The van der Waals surface area contributed by atoms with Crippen molar-refractivity contribution < 1.29 is 9.50 Å². The molecule has 0 spiro atoms. The van der Waals surface area contributed by atoms with Crippen molar-refractivity contribution in [3.63, 3.8) is 0 Å². The summed E-state index contributed by atoms with van der Waals surface area (Å²) in [6, 6.07) is 8.57. The van der Waals surface area contributed by atoms with E-state index in [0.29, 0.717) is 12.3 Å². The third-order valence-corrected chi connectivity index (χ3v) is 3.23. The van der Waals surface area contributed by atoms with Gasteiger partial charge in [-0.15, -0.1) is 0 Å². The van der Waals surface area contributed by atoms with Crippen LogP contribution in [0.1, 0.15) is 22.3 Å². The van der Waals surface area contributed by atoms with E-state index < -0.39 is 0 Å². The molecule has 0 radical (unpaired) electrons. The van der Waals surface area contributed by atoms with E-state index in [2.05, 4.69) is 5.32 Å². The molecule has 0 aliphatic rings. The van der Waals surface area contributed by atoms with Gasteiger partial charge in [0.2, 0.25) is 0 Å². The van der Waals surface area contributed by atoms with Crippen LogP contribution in [0.2, 0.25) is 0 Å². The molecule has 2 nitrogen and oxygen atoms in total. The van der Waals surface area contributed by atoms with Crippen LogP contribution in [-0.2, 0) is 6.54 Å². The van der Waals surface area contributed by atoms with Gasteiger partial charge >= 0.3 is 0 Å². The lowest BCUT2D eigenvalue weighted by Gasteiger charge is -2.12. The Hall–Kier alpha value is -2.03. The van der Waals surface area contributed by atoms with E-state index in [1.54, 1.807) is 6.07 Å². The van der Waals surface area contributed by atoms with Gasteiger partial charge in [0.1, 0.15) is 11.6 Å². The average Bonchev–Trinajstić information content (AvgIpc) is 2.37. The summed E-state index contributed by atoms with van der Waals surface area (Å²) in [7, 11) is 0. The maximum Gasteiger partial charge on any atom is 0.125 e. The van der Waals surface area contributed by atoms with E-state index in [1.165, 1.54) is 12.1 Å². The third kappa shape index (κ3) is 3.05. The summed E-state index contributed by atoms with van der Waals surface area (Å²) in [6.45, 7) is 6.29. The molecule has 0 saturated heterocycles. The zero-order valence-electron chi connectivity index (χ0n) is 11.4. The minimum atomic E-state index is -0.244. The Labute approximate surface area is 112 Å². The molecule has 0 aliphatic heterocycles. The number of aryl methyl sites for hydroxylation is 3. The second-order valence-corrected chi connectivity index (χ2v) is 4.89. The molecule has 0 aromatic heterocycles. The summed E-state index contributed by atoms with van der Waals surface area (Å²) in [4.78, 5) is 0. The monoisotopic (exact) mass is 259 g/mol. The molecule has 0 fully saturated rings. The van der Waals surface area contributed by atoms with Gasteiger partial charge in [-0.1, -0.05) is 18.2 Å². The first kappa shape index (κ1) is 13.4. The molecule has 0 saturated carbocycles. The van der Waals surface area contributed by atoms with Crippen LogP contribution in [0.15, 0.2) is 30.3 Å². The minimum absolute atomic E-state index is 0.244. The molecular formula is C16H18FNO. The van der Waals surface area contributed by atoms with E-state index in [-0.39, 0.29) is 5.82 Å². The van der Waals surface area contributed by atoms with Crippen molar-refractivity contribution in [2.24, 2.45) is 0 Å². The normalized spacial score (nSPS) is 10.5. The van der Waals surface area contributed by atoms with Gasteiger partial charge in [0, 0.05) is 12.2 Å². The lowest BCUT2D eigenvalue weighted by molar-refractivity contribution is 0.466. The van der Waals surface area contributed by atoms with Crippen molar-refractivity contribution in [3.05, 3.63) is 58.4 Å². The smallest absolute Gasteiger partial charge is 0.125 e. The van der Waals surface area contributed by atoms with Gasteiger partial charge in [-0.2, -0.15) is 0 Å². The number of halogens is 1. The van der Waals surface area contributed by atoms with Crippen LogP contribution in [0, 0.1) is 26.6 Å². The molecule has 2 N–H and O–H groups in total. The number of anilines is 1. The van der Waals surface area contributed by atoms with Gasteiger partial charge in [-0.25, -0.2) is 4.39 Å². The number of aromatic hydroxyl groups is 1. The van der Waals surface area contributed by atoms with Crippen LogP contribution < -0.4 is 5.32 Å². The maximum absolute atomic E-state index is 13.2. The summed E-state index contributed by atoms with van der Waals surface area (Å²) in [5, 5.41) is 12.9. The van der Waals surface area contributed by atoms with Crippen molar-refractivity contribution in [2.75, 3.05) is 5.32 Å². The fraction of sp³-hybridized carbons (Fsp3) is 0.250. The molecule has 2 aromatic carbocycles. The van der Waals surface area contributed by atoms with Crippen LogP contribution in [0.3, 0.4) is 0 Å². The van der Waals surface area contributed by atoms with Crippen LogP contribution in [0.5, 0.6) is 5.75 Å². The van der Waals surface area contributed by atoms with E-state index in [1.807, 2.05) is 32.9 Å². The highest BCUT2D eigenvalue weighted by molar-refractivity contribution is 5.51. The van der Waals surface area contributed by atoms with Gasteiger partial charge in [0.05, 0.1) is 0 Å². The number of nitrogens with one attached hydrogen (secondary N) is 1. The Kier molecular flexibility index (Phi) is 3.74. The SMILES string of the molecule is Cc1ccc(F)cc1NCc1cc(C)c(O)c(C)c1. The van der Waals surface area contributed by atoms with E-state index in [4.69, 9.17) is 0 Å². The van der Waals surface area contributed by atoms with E-state index >= 15 is 0 Å². The Morgan fingerprint density at radius 2 is 1.63 bits per heavy atom. The molecular weight excluding hydrogens is 241 g/mol. The zero-order chi connectivity index (χ0) is 14.0. The minimum Gasteiger partial charge on any atom is -0.507 e. The van der Waals surface area contributed by atoms with Gasteiger partial charge in [0.15, 0.2) is 0 Å². The molecule has 0 heterocycles. The van der Waals surface area contributed by atoms with E-state index in [9.17, 15) is 9.50 Å². The van der Waals surface area contributed by atoms with E-state index in [0.717, 1.165) is 27.9 Å². The lowest BCUT2D eigenvalue weighted by atomic mass is 10.1. The highest BCUT2D eigenvalue weighted by atomic mass is 19.1. The molecule has 3 heteroatoms. The highest BCUT2D eigenvalue weighted by Gasteiger charge is 2.04. The molecule has 0 atom stereocenters. The van der Waals surface area contributed by atoms with Gasteiger partial charge < -0.3 is 10.4 Å². The molecule has 100 valence electrons. The third-order valence-electron chi connectivity index (χ3n) is 3.23. The number of benzene rings is 2. The topological polar surface area (TPSA) is 32.3 Å². The largest absolute Gasteiger partial charge is 0.507 e. The molecule has 0 unspecified atom stereocenters. The second kappa shape index (κ2) is 5.31. The number of phenolic OH excluding ortho intramolecular Hbond substituents is 1. The zero-order valence-corrected chi connectivity index (χ0v) is 11.4. The van der Waals surface area contributed by atoms with Crippen LogP contribution >= 0.6 is 0 Å². The first-order chi connectivity index (χ1) is 8.97. The summed E-state index contributed by atoms with van der Waals surface area (Å²) in [5.74, 6) is 0.0943. The van der Waals surface area contributed by atoms with Crippen LogP contribution in [0.25, 0.3) is 0 Å². The summed E-state index contributed by atoms with van der Waals surface area (Å²) >= 11 is 0. The Bertz CT molecular complexity index is 585. The molecule has 2 rings (SSSR count). The molecule has 19 heavy (non-hydrogen) atoms. The van der Waals surface area contributed by atoms with Crippen molar-refractivity contribution in [1.82, 2.24) is 0 Å². The maximum atomic E-state index is 13.2. The second-order valence-electron chi connectivity index (χ2n) is 4.89. The van der Waals surface area contributed by atoms with Crippen molar-refractivity contribution in [2.45, 2.75) is 27.3 Å². The summed E-state index contributed by atoms with van der Waals surface area (Å²) in [5.41, 5.74) is 4.58. The van der Waals surface area contributed by atoms with Crippen LogP contribution in [0.4, 0.5) is 10.1 Å². The van der Waals surface area contributed by atoms with Gasteiger partial charge in [0.25, 0.3) is 0 Å². The highest BCUT2D eigenvalue weighted by Crippen LogP contribution is 2.24. The number of rotatable bonds is 3. The number of hydrogen-bond acceptors (Lipinski definition) is 2. The average molecular weight is 259 g/mol. The summed E-state index contributed by atoms with van der Waals surface area (Å²) < 4.78 is 13.2. The fourth-order valence-electron chi connectivity index (χ4n) is 2.13. The first-order valence-corrected chi connectivity index (χ1v) is 6.26. The molecule has 0 aliphatic carbocycles. The predicted octanol–water partition coefficient (Wildman–Crippen LogP) is 4.07. The molecule has 2 aromatic rings. The number of phenols is 1. The lowest BCUT2D eigenvalue weighted by Crippen LogP contribution is -2.02. The van der Waals surface area contributed by atoms with Crippen molar-refractivity contribution >= 4 is 5.69 Å². The predicted molar refractivity (Wildman–Crippen MR) is 76.0 cm³/mol. The number of hydrogen-bond donors (Lipinski definition) is 2. The van der Waals surface area contributed by atoms with Crippen molar-refractivity contribution in [3.8, 4) is 5.75 Å². The fourth-order valence-corrected chi connectivity index (χ4v) is 2.13. The summed E-state index contributed by atoms with van der Waals surface area (Å²) in [6.07, 6.45) is 0. The Morgan fingerprint density at radius 1 is 1.00 bits per heavy atom. The Balaban J connectivity index is 2.17. The van der Waals surface area contributed by atoms with Gasteiger partial charge in [-0.3, -0.25) is 0 Å². The first-order valence-electron chi connectivity index (χ1n) is 6.26.